The van der Waals surface area contributed by atoms with E-state index in [-0.39, 0.29) is 6.03 Å². The van der Waals surface area contributed by atoms with Crippen LogP contribution in [0.15, 0.2) is 82.6 Å². The number of aryl methyl sites for hydroxylation is 1. The van der Waals surface area contributed by atoms with Gasteiger partial charge in [-0.2, -0.15) is 5.26 Å². The summed E-state index contributed by atoms with van der Waals surface area (Å²) in [4.78, 5) is 21.6. The third-order valence-electron chi connectivity index (χ3n) is 5.50. The van der Waals surface area contributed by atoms with Crippen LogP contribution in [0.4, 0.5) is 22.0 Å². The Labute approximate surface area is 196 Å². The van der Waals surface area contributed by atoms with Crippen molar-refractivity contribution in [2.45, 2.75) is 16.7 Å². The number of rotatable bonds is 4. The number of hydrogen-bond acceptors (Lipinski definition) is 5. The van der Waals surface area contributed by atoms with Crippen LogP contribution in [-0.2, 0) is 0 Å². The Bertz CT molecular complexity index is 1370. The summed E-state index contributed by atoms with van der Waals surface area (Å²) in [6.07, 6.45) is 0. The summed E-state index contributed by atoms with van der Waals surface area (Å²) < 4.78 is 0. The number of nitriles is 1. The van der Waals surface area contributed by atoms with Crippen LogP contribution >= 0.6 is 11.8 Å². The first-order valence-electron chi connectivity index (χ1n) is 10.6. The maximum Gasteiger partial charge on any atom is 0.326 e. The molecule has 0 spiro atoms. The van der Waals surface area contributed by atoms with Gasteiger partial charge in [0.25, 0.3) is 0 Å². The fourth-order valence-corrected chi connectivity index (χ4v) is 4.98. The number of anilines is 3. The summed E-state index contributed by atoms with van der Waals surface area (Å²) in [6.45, 7) is 2.82. The van der Waals surface area contributed by atoms with Gasteiger partial charge in [-0.25, -0.2) is 9.78 Å². The first-order chi connectivity index (χ1) is 16.2. The molecule has 0 bridgehead atoms. The molecule has 3 aromatic carbocycles. The minimum atomic E-state index is -0.195. The van der Waals surface area contributed by atoms with E-state index in [1.807, 2.05) is 79.7 Å². The molecule has 0 saturated heterocycles. The third kappa shape index (κ3) is 3.97. The number of urea groups is 1. The number of nitrogens with zero attached hydrogens (tertiary/aromatic N) is 3. The molecular formula is C26H21N5OS. The molecule has 1 aliphatic rings. The van der Waals surface area contributed by atoms with Gasteiger partial charge in [-0.15, -0.1) is 0 Å². The van der Waals surface area contributed by atoms with E-state index >= 15 is 0 Å². The molecule has 33 heavy (non-hydrogen) atoms. The van der Waals surface area contributed by atoms with Crippen LogP contribution in [0.25, 0.3) is 10.9 Å². The van der Waals surface area contributed by atoms with Crippen molar-refractivity contribution in [3.05, 3.63) is 83.9 Å². The van der Waals surface area contributed by atoms with Gasteiger partial charge in [-0.3, -0.25) is 4.90 Å². The van der Waals surface area contributed by atoms with Gasteiger partial charge < -0.3 is 10.6 Å². The fraction of sp³-hybridized carbons (Fsp3) is 0.115. The van der Waals surface area contributed by atoms with Crippen molar-refractivity contribution < 1.29 is 4.79 Å². The zero-order valence-corrected chi connectivity index (χ0v) is 18.8. The van der Waals surface area contributed by atoms with Gasteiger partial charge in [-0.05, 0) is 42.8 Å². The molecule has 0 atom stereocenters. The highest BCUT2D eigenvalue weighted by molar-refractivity contribution is 7.99. The van der Waals surface area contributed by atoms with E-state index in [2.05, 4.69) is 21.7 Å². The molecule has 1 aromatic heterocycles. The second kappa shape index (κ2) is 8.85. The number of carbonyl (C=O) groups excluding carboxylic acids is 1. The topological polar surface area (TPSA) is 81.0 Å². The lowest BCUT2D eigenvalue weighted by Gasteiger charge is -2.31. The molecule has 6 nitrogen and oxygen atoms in total. The van der Waals surface area contributed by atoms with E-state index in [1.165, 1.54) is 0 Å². The second-order valence-electron chi connectivity index (χ2n) is 7.67. The van der Waals surface area contributed by atoms with Crippen molar-refractivity contribution in [2.24, 2.45) is 0 Å². The molecular weight excluding hydrogens is 430 g/mol. The van der Waals surface area contributed by atoms with Gasteiger partial charge in [0.15, 0.2) is 0 Å². The molecule has 4 aromatic rings. The lowest BCUT2D eigenvalue weighted by molar-refractivity contribution is 0.248. The maximum absolute atomic E-state index is 13.2. The zero-order valence-electron chi connectivity index (χ0n) is 18.0. The minimum Gasteiger partial charge on any atom is -0.367 e. The summed E-state index contributed by atoms with van der Waals surface area (Å²) in [6, 6.07) is 25.5. The number of carbonyl (C=O) groups is 1. The Hall–Kier alpha value is -4.02. The maximum atomic E-state index is 13.2. The Balaban J connectivity index is 1.31. The number of benzene rings is 3. The Morgan fingerprint density at radius 3 is 2.39 bits per heavy atom. The first kappa shape index (κ1) is 20.9. The quantitative estimate of drug-likeness (QED) is 0.381. The number of aromatic nitrogens is 1. The van der Waals surface area contributed by atoms with E-state index < -0.39 is 0 Å². The van der Waals surface area contributed by atoms with Gasteiger partial charge in [0.1, 0.15) is 11.9 Å². The highest BCUT2D eigenvalue weighted by Gasteiger charge is 2.27. The lowest BCUT2D eigenvalue weighted by atomic mass is 10.1. The molecule has 7 heteroatoms. The average Bonchev–Trinajstić information content (AvgIpc) is 2.85. The molecule has 0 radical (unpaired) electrons. The molecule has 162 valence electrons. The fourth-order valence-electron chi connectivity index (χ4n) is 3.92. The lowest BCUT2D eigenvalue weighted by Crippen LogP contribution is -2.40. The van der Waals surface area contributed by atoms with Crippen molar-refractivity contribution in [2.75, 3.05) is 23.3 Å². The monoisotopic (exact) mass is 451 g/mol. The Kier molecular flexibility index (Phi) is 5.59. The van der Waals surface area contributed by atoms with E-state index in [0.717, 1.165) is 37.6 Å². The van der Waals surface area contributed by atoms with Crippen LogP contribution in [0.1, 0.15) is 11.1 Å². The number of hydrogen-bond donors (Lipinski definition) is 2. The van der Waals surface area contributed by atoms with Gasteiger partial charge in [0, 0.05) is 28.3 Å². The summed E-state index contributed by atoms with van der Waals surface area (Å²) >= 11 is 1.66. The smallest absolute Gasteiger partial charge is 0.326 e. The molecule has 5 rings (SSSR count). The minimum absolute atomic E-state index is 0.195. The third-order valence-corrected chi connectivity index (χ3v) is 6.63. The van der Waals surface area contributed by atoms with Crippen molar-refractivity contribution in [1.82, 2.24) is 10.3 Å². The average molecular weight is 452 g/mol. The number of amides is 2. The Morgan fingerprint density at radius 1 is 1.00 bits per heavy atom. The molecule has 2 amide bonds. The highest BCUT2D eigenvalue weighted by atomic mass is 32.2. The van der Waals surface area contributed by atoms with Crippen LogP contribution < -0.4 is 15.5 Å². The van der Waals surface area contributed by atoms with Crippen molar-refractivity contribution in [3.8, 4) is 6.07 Å². The van der Waals surface area contributed by atoms with Gasteiger partial charge in [0.2, 0.25) is 0 Å². The predicted octanol–water partition coefficient (Wildman–Crippen LogP) is 5.84. The van der Waals surface area contributed by atoms with Crippen LogP contribution in [-0.4, -0.2) is 24.1 Å². The van der Waals surface area contributed by atoms with Gasteiger partial charge >= 0.3 is 6.03 Å². The van der Waals surface area contributed by atoms with E-state index in [4.69, 9.17) is 0 Å². The molecule has 0 aliphatic carbocycles. The normalized spacial score (nSPS) is 11.9. The van der Waals surface area contributed by atoms with Crippen molar-refractivity contribution >= 4 is 45.9 Å². The van der Waals surface area contributed by atoms with Gasteiger partial charge in [0.05, 0.1) is 22.5 Å². The van der Waals surface area contributed by atoms with Crippen LogP contribution in [0, 0.1) is 18.3 Å². The largest absolute Gasteiger partial charge is 0.367 e. The summed E-state index contributed by atoms with van der Waals surface area (Å²) in [7, 11) is 0. The standard InChI is InChI=1S/C26H21N5OS/c1-17-7-6-8-18-15-19(16-27)25(30-24(17)18)28-13-14-29-26(32)31-20-9-2-4-11-22(20)33-23-12-5-3-10-21(23)31/h2-12,15H,13-14H2,1H3,(H,28,30)(H,29,32). The van der Waals surface area contributed by atoms with Gasteiger partial charge in [-0.1, -0.05) is 54.2 Å². The number of para-hydroxylation sites is 3. The summed E-state index contributed by atoms with van der Waals surface area (Å²) in [5, 5.41) is 16.7. The number of fused-ring (bicyclic) bond motifs is 3. The van der Waals surface area contributed by atoms with Crippen molar-refractivity contribution in [1.29, 1.82) is 5.26 Å². The molecule has 0 saturated carbocycles. The van der Waals surface area contributed by atoms with E-state index in [1.54, 1.807) is 16.7 Å². The molecule has 2 heterocycles. The number of pyridine rings is 1. The predicted molar refractivity (Wildman–Crippen MR) is 132 cm³/mol. The molecule has 0 fully saturated rings. The van der Waals surface area contributed by atoms with Crippen molar-refractivity contribution in [3.63, 3.8) is 0 Å². The zero-order chi connectivity index (χ0) is 22.8. The Morgan fingerprint density at radius 2 is 1.70 bits per heavy atom. The van der Waals surface area contributed by atoms with Crippen LogP contribution in [0.3, 0.4) is 0 Å². The second-order valence-corrected chi connectivity index (χ2v) is 8.76. The van der Waals surface area contributed by atoms with E-state index in [0.29, 0.717) is 24.5 Å². The van der Waals surface area contributed by atoms with Crippen LogP contribution in [0.5, 0.6) is 0 Å². The number of nitrogens with one attached hydrogen (secondary N) is 2. The van der Waals surface area contributed by atoms with Crippen LogP contribution in [0.2, 0.25) is 0 Å². The van der Waals surface area contributed by atoms with E-state index in [9.17, 15) is 10.1 Å². The summed E-state index contributed by atoms with van der Waals surface area (Å²) in [5.41, 5.74) is 4.13. The molecule has 2 N–H and O–H groups in total. The highest BCUT2D eigenvalue weighted by Crippen LogP contribution is 2.47. The molecule has 1 aliphatic heterocycles. The summed E-state index contributed by atoms with van der Waals surface area (Å²) in [5.74, 6) is 0.526. The first-order valence-corrected chi connectivity index (χ1v) is 11.5. The molecule has 0 unspecified atom stereocenters. The SMILES string of the molecule is Cc1cccc2cc(C#N)c(NCCNC(=O)N3c4ccccc4Sc4ccccc43)nc12.